The van der Waals surface area contributed by atoms with Crippen LogP contribution in [0.15, 0.2) is 121 Å². The Bertz CT molecular complexity index is 1350. The normalized spacial score (nSPS) is 13.3. The van der Waals surface area contributed by atoms with Crippen LogP contribution in [0, 0.1) is 0 Å². The lowest BCUT2D eigenvalue weighted by atomic mass is 10.1. The Balaban J connectivity index is 1.61. The second-order valence-electron chi connectivity index (χ2n) is 9.96. The van der Waals surface area contributed by atoms with Gasteiger partial charge in [0.15, 0.2) is 0 Å². The van der Waals surface area contributed by atoms with Gasteiger partial charge in [-0.25, -0.2) is 5.06 Å². The third kappa shape index (κ3) is 14.0. The number of hydrogen-bond donors (Lipinski definition) is 0. The zero-order chi connectivity index (χ0) is 31.5. The van der Waals surface area contributed by atoms with Crippen molar-refractivity contribution < 1.29 is 28.0 Å². The predicted octanol–water partition coefficient (Wildman–Crippen LogP) is 9.09. The van der Waals surface area contributed by atoms with Crippen molar-refractivity contribution in [1.29, 1.82) is 0 Å². The number of benzene rings is 4. The molecule has 0 bridgehead atoms. The van der Waals surface area contributed by atoms with Crippen molar-refractivity contribution in [2.24, 2.45) is 0 Å². The summed E-state index contributed by atoms with van der Waals surface area (Å²) in [5, 5.41) is 1.28. The van der Waals surface area contributed by atoms with Crippen LogP contribution in [0.5, 0.6) is 0 Å². The van der Waals surface area contributed by atoms with Gasteiger partial charge in [0.25, 0.3) is 0 Å². The van der Waals surface area contributed by atoms with Gasteiger partial charge in [-0.2, -0.15) is 0 Å². The molecule has 0 aromatic heterocycles. The number of halogens is 2. The number of rotatable bonds is 21. The number of ether oxygens (including phenoxy) is 3. The van der Waals surface area contributed by atoms with Gasteiger partial charge in [-0.15, -0.1) is 0 Å². The molecule has 4 aromatic rings. The quantitative estimate of drug-likeness (QED) is 0.0272. The van der Waals surface area contributed by atoms with Crippen molar-refractivity contribution in [3.8, 4) is 0 Å². The summed E-state index contributed by atoms with van der Waals surface area (Å²) in [6.45, 7) is 1.62. The first-order valence-electron chi connectivity index (χ1n) is 14.4. The molecule has 11 heteroatoms. The SMILES string of the molecule is O=CN(C[C@@H](OCc1ccccc1)[C@H](OCc1ccccc1)[C@@H](COSP(I)I)OCc1ccccc1)OCc1ccccc1. The van der Waals surface area contributed by atoms with Gasteiger partial charge in [0, 0.05) is 11.7 Å². The third-order valence-corrected chi connectivity index (χ3v) is 10.6. The lowest BCUT2D eigenvalue weighted by Gasteiger charge is -2.35. The maximum Gasteiger partial charge on any atom is 0.233 e. The van der Waals surface area contributed by atoms with Crippen molar-refractivity contribution in [3.63, 3.8) is 0 Å². The van der Waals surface area contributed by atoms with Crippen LogP contribution in [0.4, 0.5) is 0 Å². The van der Waals surface area contributed by atoms with Crippen LogP contribution in [0.1, 0.15) is 22.3 Å². The fourth-order valence-corrected chi connectivity index (χ4v) is 7.18. The molecule has 7 nitrogen and oxygen atoms in total. The molecule has 0 radical (unpaired) electrons. The Morgan fingerprint density at radius 3 is 1.49 bits per heavy atom. The first-order chi connectivity index (χ1) is 22.1. The summed E-state index contributed by atoms with van der Waals surface area (Å²) in [5.41, 5.74) is 3.99. The van der Waals surface area contributed by atoms with Gasteiger partial charge in [0.2, 0.25) is 6.41 Å². The van der Waals surface area contributed by atoms with Crippen LogP contribution in [0.25, 0.3) is 0 Å². The average molecular weight is 872 g/mol. The van der Waals surface area contributed by atoms with Gasteiger partial charge in [-0.3, -0.25) is 9.63 Å². The summed E-state index contributed by atoms with van der Waals surface area (Å²) >= 11 is 6.15. The van der Waals surface area contributed by atoms with Crippen molar-refractivity contribution in [2.45, 2.75) is 44.7 Å². The highest BCUT2D eigenvalue weighted by Crippen LogP contribution is 2.65. The van der Waals surface area contributed by atoms with E-state index in [-0.39, 0.29) is 19.8 Å². The smallest absolute Gasteiger partial charge is 0.233 e. The Morgan fingerprint density at radius 1 is 0.622 bits per heavy atom. The minimum absolute atomic E-state index is 0.117. The van der Waals surface area contributed by atoms with Crippen molar-refractivity contribution >= 4 is 64.6 Å². The van der Waals surface area contributed by atoms with Gasteiger partial charge in [0.05, 0.1) is 33.0 Å². The van der Waals surface area contributed by atoms with Gasteiger partial charge < -0.3 is 18.4 Å². The first-order valence-corrected chi connectivity index (χ1v) is 22.6. The van der Waals surface area contributed by atoms with E-state index in [1.54, 1.807) is 0 Å². The number of carbonyl (C=O) groups excluding carboxylic acids is 1. The fourth-order valence-electron chi connectivity index (χ4n) is 4.44. The molecule has 4 rings (SSSR count). The van der Waals surface area contributed by atoms with Crippen LogP contribution in [0.3, 0.4) is 0 Å². The topological polar surface area (TPSA) is 66.5 Å². The lowest BCUT2D eigenvalue weighted by molar-refractivity contribution is -0.210. The lowest BCUT2D eigenvalue weighted by Crippen LogP contribution is -2.49. The Labute approximate surface area is 296 Å². The van der Waals surface area contributed by atoms with Crippen molar-refractivity contribution in [2.75, 3.05) is 13.2 Å². The molecule has 0 aliphatic rings. The minimum atomic E-state index is -0.620. The minimum Gasteiger partial charge on any atom is -0.369 e. The standard InChI is InChI=1S/C34H36I2NO6PS/c35-44(36)45-43-26-33(40-23-29-15-7-2-8-16-29)34(41-24-30-17-9-3-10-18-30)32(39-22-28-13-5-1-6-14-28)21-37(27-38)42-25-31-19-11-4-12-20-31/h1-20,27,32-34H,21-26H2/t32-,33-,34+/m1/s1. The molecule has 0 heterocycles. The van der Waals surface area contributed by atoms with Crippen molar-refractivity contribution in [3.05, 3.63) is 144 Å². The summed E-state index contributed by atoms with van der Waals surface area (Å²) in [7, 11) is 0. The molecule has 4 aromatic carbocycles. The van der Waals surface area contributed by atoms with Crippen LogP contribution < -0.4 is 0 Å². The highest BCUT2D eigenvalue weighted by Gasteiger charge is 2.35. The van der Waals surface area contributed by atoms with Crippen LogP contribution >= 0.6 is 58.2 Å². The number of nitrogens with zero attached hydrogens (tertiary/aromatic N) is 1. The average Bonchev–Trinajstić information content (AvgIpc) is 3.08. The summed E-state index contributed by atoms with van der Waals surface area (Å²) in [6, 6.07) is 39.6. The molecule has 0 spiro atoms. The highest BCUT2D eigenvalue weighted by molar-refractivity contribution is 14.3. The summed E-state index contributed by atoms with van der Waals surface area (Å²) in [4.78, 5) is 18.3. The number of hydroxylamine groups is 2. The molecule has 0 saturated heterocycles. The molecule has 3 atom stereocenters. The second-order valence-corrected chi connectivity index (χ2v) is 27.5. The first kappa shape index (κ1) is 36.2. The number of amides is 1. The van der Waals surface area contributed by atoms with Gasteiger partial charge in [-0.05, 0) is 66.3 Å². The molecule has 0 fully saturated rings. The van der Waals surface area contributed by atoms with E-state index in [1.165, 1.54) is 16.7 Å². The maximum atomic E-state index is 12.3. The predicted molar refractivity (Wildman–Crippen MR) is 198 cm³/mol. The van der Waals surface area contributed by atoms with Gasteiger partial charge >= 0.3 is 0 Å². The Hall–Kier alpha value is -1.61. The molecule has 0 aliphatic carbocycles. The zero-order valence-corrected chi connectivity index (χ0v) is 30.6. The van der Waals surface area contributed by atoms with E-state index in [2.05, 4.69) is 44.1 Å². The molecule has 238 valence electrons. The van der Waals surface area contributed by atoms with Crippen LogP contribution in [-0.4, -0.2) is 42.9 Å². The molecule has 0 unspecified atom stereocenters. The third-order valence-electron chi connectivity index (χ3n) is 6.69. The van der Waals surface area contributed by atoms with Gasteiger partial charge in [-0.1, -0.05) is 121 Å². The van der Waals surface area contributed by atoms with E-state index in [0.29, 0.717) is 26.2 Å². The van der Waals surface area contributed by atoms with E-state index >= 15 is 0 Å². The zero-order valence-electron chi connectivity index (χ0n) is 24.6. The Kier molecular flexibility index (Phi) is 17.1. The molecular weight excluding hydrogens is 835 g/mol. The van der Waals surface area contributed by atoms with E-state index < -0.39 is 20.7 Å². The fraction of sp³-hybridized carbons (Fsp3) is 0.265. The van der Waals surface area contributed by atoms with E-state index in [4.69, 9.17) is 23.2 Å². The summed E-state index contributed by atoms with van der Waals surface area (Å²) in [5.74, 6) is 0. The molecule has 1 amide bonds. The summed E-state index contributed by atoms with van der Waals surface area (Å²) < 4.78 is 25.5. The van der Waals surface area contributed by atoms with Crippen LogP contribution in [-0.2, 0) is 54.5 Å². The number of carbonyl (C=O) groups is 1. The molecular formula is C34H36I2NO6PS. The Morgan fingerprint density at radius 2 is 1.04 bits per heavy atom. The monoisotopic (exact) mass is 871 g/mol. The highest BCUT2D eigenvalue weighted by atomic mass is 127. The van der Waals surface area contributed by atoms with E-state index in [1.807, 2.05) is 121 Å². The maximum absolute atomic E-state index is 12.3. The molecule has 45 heavy (non-hydrogen) atoms. The molecule has 0 saturated carbocycles. The molecule has 0 aliphatic heterocycles. The van der Waals surface area contributed by atoms with Crippen LogP contribution in [0.2, 0.25) is 0 Å². The van der Waals surface area contributed by atoms with E-state index in [9.17, 15) is 4.79 Å². The summed E-state index contributed by atoms with van der Waals surface area (Å²) in [6.07, 6.45) is -1.07. The largest absolute Gasteiger partial charge is 0.369 e. The number of hydrogen-bond acceptors (Lipinski definition) is 7. The molecule has 0 N–H and O–H groups in total. The second kappa shape index (κ2) is 21.3. The van der Waals surface area contributed by atoms with E-state index in [0.717, 1.165) is 22.3 Å². The van der Waals surface area contributed by atoms with Crippen molar-refractivity contribution in [1.82, 2.24) is 5.06 Å². The van der Waals surface area contributed by atoms with Gasteiger partial charge in [0.1, 0.15) is 27.3 Å².